The van der Waals surface area contributed by atoms with E-state index in [2.05, 4.69) is 9.97 Å². The number of fused-ring (bicyclic) bond motifs is 1. The number of aromatic amines is 1. The fourth-order valence-electron chi connectivity index (χ4n) is 4.77. The first-order chi connectivity index (χ1) is 16.8. The van der Waals surface area contributed by atoms with Crippen molar-refractivity contribution >= 4 is 34.4 Å². The minimum absolute atomic E-state index is 0.0128. The number of carbonyl (C=O) groups is 2. The van der Waals surface area contributed by atoms with Gasteiger partial charge in [-0.05, 0) is 61.2 Å². The Balaban J connectivity index is 1.77. The number of Topliss-reactive ketones (excluding diaryl/α,β-unsaturated/α-hetero) is 1. The van der Waals surface area contributed by atoms with Crippen LogP contribution < -0.4 is 9.64 Å². The first kappa shape index (κ1) is 22.4. The molecule has 2 N–H and O–H groups in total. The van der Waals surface area contributed by atoms with Crippen molar-refractivity contribution in [2.45, 2.75) is 26.8 Å². The van der Waals surface area contributed by atoms with Crippen molar-refractivity contribution in [2.75, 3.05) is 12.0 Å². The third-order valence-electron chi connectivity index (χ3n) is 6.29. The highest BCUT2D eigenvalue weighted by Crippen LogP contribution is 2.43. The molecule has 1 unspecified atom stereocenters. The first-order valence-corrected chi connectivity index (χ1v) is 11.3. The van der Waals surface area contributed by atoms with Crippen LogP contribution in [0.2, 0.25) is 0 Å². The molecule has 0 spiro atoms. The number of ketones is 1. The van der Waals surface area contributed by atoms with E-state index < -0.39 is 17.7 Å². The molecule has 2 heterocycles. The molecule has 7 nitrogen and oxygen atoms in total. The maximum absolute atomic E-state index is 13.4. The van der Waals surface area contributed by atoms with Gasteiger partial charge < -0.3 is 14.8 Å². The molecule has 176 valence electrons. The summed E-state index contributed by atoms with van der Waals surface area (Å²) in [6.45, 7) is 5.73. The predicted molar refractivity (Wildman–Crippen MR) is 135 cm³/mol. The van der Waals surface area contributed by atoms with Gasteiger partial charge >= 0.3 is 5.91 Å². The van der Waals surface area contributed by atoms with Crippen molar-refractivity contribution in [1.82, 2.24) is 9.97 Å². The van der Waals surface area contributed by atoms with Gasteiger partial charge in [0.15, 0.2) is 0 Å². The maximum Gasteiger partial charge on any atom is 0.302 e. The number of imidazole rings is 1. The molecule has 1 atom stereocenters. The molecule has 0 saturated carbocycles. The lowest BCUT2D eigenvalue weighted by molar-refractivity contribution is -0.132. The number of hydrogen-bond acceptors (Lipinski definition) is 5. The number of rotatable bonds is 4. The zero-order valence-corrected chi connectivity index (χ0v) is 19.9. The smallest absolute Gasteiger partial charge is 0.302 e. The molecule has 0 aliphatic carbocycles. The van der Waals surface area contributed by atoms with Gasteiger partial charge in [0.25, 0.3) is 5.78 Å². The number of aliphatic hydroxyl groups excluding tert-OH is 1. The number of benzene rings is 3. The summed E-state index contributed by atoms with van der Waals surface area (Å²) in [6.07, 6.45) is 0. The van der Waals surface area contributed by atoms with Gasteiger partial charge in [-0.3, -0.25) is 14.5 Å². The lowest BCUT2D eigenvalue weighted by atomic mass is 9.94. The number of H-pyrrole nitrogens is 1. The Morgan fingerprint density at radius 3 is 2.46 bits per heavy atom. The quantitative estimate of drug-likeness (QED) is 0.247. The highest BCUT2D eigenvalue weighted by Gasteiger charge is 2.48. The molecule has 1 fully saturated rings. The molecule has 5 rings (SSSR count). The summed E-state index contributed by atoms with van der Waals surface area (Å²) in [4.78, 5) is 35.9. The Morgan fingerprint density at radius 2 is 1.74 bits per heavy atom. The highest BCUT2D eigenvalue weighted by atomic mass is 16.5. The zero-order chi connectivity index (χ0) is 24.9. The first-order valence-electron chi connectivity index (χ1n) is 11.3. The monoisotopic (exact) mass is 467 g/mol. The number of nitrogens with one attached hydrogen (secondary N) is 1. The van der Waals surface area contributed by atoms with Crippen LogP contribution in [0.15, 0.2) is 66.2 Å². The average Bonchev–Trinajstić information content (AvgIpc) is 3.36. The van der Waals surface area contributed by atoms with Gasteiger partial charge in [0.05, 0.1) is 35.3 Å². The Labute approximate surface area is 202 Å². The van der Waals surface area contributed by atoms with Crippen molar-refractivity contribution in [3.05, 3.63) is 94.1 Å². The molecule has 1 aromatic heterocycles. The molecular weight excluding hydrogens is 442 g/mol. The SMILES string of the molecule is COc1c(C)cc(C)cc1/C(O)=C1\C(=O)C(=O)N(c2nc3ccc(C)cc3[nH]2)C1c1ccccc1. The van der Waals surface area contributed by atoms with E-state index in [-0.39, 0.29) is 17.3 Å². The van der Waals surface area contributed by atoms with E-state index in [4.69, 9.17) is 4.74 Å². The summed E-state index contributed by atoms with van der Waals surface area (Å²) in [5.41, 5.74) is 5.20. The summed E-state index contributed by atoms with van der Waals surface area (Å²) in [5, 5.41) is 11.5. The molecule has 0 radical (unpaired) electrons. The molecule has 1 aliphatic heterocycles. The Hall–Kier alpha value is -4.39. The van der Waals surface area contributed by atoms with Gasteiger partial charge in [0.1, 0.15) is 11.5 Å². The number of carbonyl (C=O) groups excluding carboxylic acids is 2. The molecule has 7 heteroatoms. The third kappa shape index (κ3) is 3.65. The minimum Gasteiger partial charge on any atom is -0.507 e. The number of aromatic nitrogens is 2. The van der Waals surface area contributed by atoms with Gasteiger partial charge in [0, 0.05) is 0 Å². The molecule has 1 amide bonds. The van der Waals surface area contributed by atoms with E-state index in [0.717, 1.165) is 22.2 Å². The number of anilines is 1. The number of aliphatic hydroxyl groups is 1. The van der Waals surface area contributed by atoms with Crippen LogP contribution in [0.1, 0.15) is 33.9 Å². The van der Waals surface area contributed by atoms with E-state index >= 15 is 0 Å². The lowest BCUT2D eigenvalue weighted by Gasteiger charge is -2.23. The molecule has 0 bridgehead atoms. The maximum atomic E-state index is 13.4. The summed E-state index contributed by atoms with van der Waals surface area (Å²) in [5.74, 6) is -1.14. The summed E-state index contributed by atoms with van der Waals surface area (Å²) < 4.78 is 5.55. The van der Waals surface area contributed by atoms with Crippen molar-refractivity contribution in [3.8, 4) is 5.75 Å². The van der Waals surface area contributed by atoms with Crippen molar-refractivity contribution < 1.29 is 19.4 Å². The second kappa shape index (κ2) is 8.43. The topological polar surface area (TPSA) is 95.5 Å². The van der Waals surface area contributed by atoms with E-state index in [1.165, 1.54) is 12.0 Å². The van der Waals surface area contributed by atoms with Crippen molar-refractivity contribution in [2.24, 2.45) is 0 Å². The van der Waals surface area contributed by atoms with Crippen LogP contribution >= 0.6 is 0 Å². The fraction of sp³-hybridized carbons (Fsp3) is 0.179. The van der Waals surface area contributed by atoms with Gasteiger partial charge in [-0.2, -0.15) is 0 Å². The van der Waals surface area contributed by atoms with Crippen LogP contribution in [0.5, 0.6) is 5.75 Å². The molecule has 4 aromatic rings. The van der Waals surface area contributed by atoms with Crippen LogP contribution in [0, 0.1) is 20.8 Å². The number of ether oxygens (including phenoxy) is 1. The lowest BCUT2D eigenvalue weighted by Crippen LogP contribution is -2.30. The zero-order valence-electron chi connectivity index (χ0n) is 19.9. The van der Waals surface area contributed by atoms with Crippen LogP contribution in [0.25, 0.3) is 16.8 Å². The van der Waals surface area contributed by atoms with Crippen LogP contribution in [0.3, 0.4) is 0 Å². The molecule has 1 aliphatic rings. The van der Waals surface area contributed by atoms with Gasteiger partial charge in [-0.1, -0.05) is 42.5 Å². The summed E-state index contributed by atoms with van der Waals surface area (Å²) in [7, 11) is 1.51. The van der Waals surface area contributed by atoms with Gasteiger partial charge in [-0.25, -0.2) is 4.98 Å². The Bertz CT molecular complexity index is 1520. The average molecular weight is 468 g/mol. The molecule has 1 saturated heterocycles. The van der Waals surface area contributed by atoms with Gasteiger partial charge in [0.2, 0.25) is 5.95 Å². The summed E-state index contributed by atoms with van der Waals surface area (Å²) >= 11 is 0. The van der Waals surface area contributed by atoms with Crippen LogP contribution in [-0.2, 0) is 9.59 Å². The Kier molecular flexibility index (Phi) is 5.40. The van der Waals surface area contributed by atoms with Crippen molar-refractivity contribution in [1.29, 1.82) is 0 Å². The molecule has 3 aromatic carbocycles. The number of nitrogens with zero attached hydrogens (tertiary/aromatic N) is 2. The van der Waals surface area contributed by atoms with Crippen molar-refractivity contribution in [3.63, 3.8) is 0 Å². The number of aryl methyl sites for hydroxylation is 3. The Morgan fingerprint density at radius 1 is 1.00 bits per heavy atom. The van der Waals surface area contributed by atoms with E-state index in [1.54, 1.807) is 6.07 Å². The van der Waals surface area contributed by atoms with Crippen LogP contribution in [0.4, 0.5) is 5.95 Å². The fourth-order valence-corrected chi connectivity index (χ4v) is 4.77. The highest BCUT2D eigenvalue weighted by molar-refractivity contribution is 6.51. The number of methoxy groups -OCH3 is 1. The normalized spacial score (nSPS) is 17.4. The van der Waals surface area contributed by atoms with Crippen LogP contribution in [-0.4, -0.2) is 33.9 Å². The minimum atomic E-state index is -0.872. The van der Waals surface area contributed by atoms with E-state index in [0.29, 0.717) is 22.4 Å². The van der Waals surface area contributed by atoms with E-state index in [9.17, 15) is 14.7 Å². The second-order valence-electron chi connectivity index (χ2n) is 8.82. The second-order valence-corrected chi connectivity index (χ2v) is 8.82. The largest absolute Gasteiger partial charge is 0.507 e. The molecule has 35 heavy (non-hydrogen) atoms. The van der Waals surface area contributed by atoms with E-state index in [1.807, 2.05) is 75.4 Å². The third-order valence-corrected chi connectivity index (χ3v) is 6.29. The standard InChI is InChI=1S/C28H25N3O4/c1-15-10-11-20-21(14-15)30-28(29-20)31-23(18-8-6-5-7-9-18)22(25(33)27(31)34)24(32)19-13-16(2)12-17(3)26(19)35-4/h5-14,23,32H,1-4H3,(H,29,30)/b24-22+. The summed E-state index contributed by atoms with van der Waals surface area (Å²) in [6, 6.07) is 17.7. The molecular formula is C28H25N3O4. The van der Waals surface area contributed by atoms with Gasteiger partial charge in [-0.15, -0.1) is 0 Å². The predicted octanol–water partition coefficient (Wildman–Crippen LogP) is 5.12. The number of hydrogen-bond donors (Lipinski definition) is 2. The number of amides is 1.